The minimum Gasteiger partial charge on any atom is -0.385 e. The minimum absolute atomic E-state index is 0.0414. The van der Waals surface area contributed by atoms with Gasteiger partial charge in [-0.05, 0) is 48.7 Å². The zero-order chi connectivity index (χ0) is 15.1. The van der Waals surface area contributed by atoms with Crippen LogP contribution in [0.25, 0.3) is 0 Å². The molecule has 0 unspecified atom stereocenters. The van der Waals surface area contributed by atoms with Gasteiger partial charge in [-0.2, -0.15) is 0 Å². The van der Waals surface area contributed by atoms with E-state index in [1.165, 1.54) is 5.56 Å². The van der Waals surface area contributed by atoms with Crippen LogP contribution < -0.4 is 10.6 Å². The van der Waals surface area contributed by atoms with Crippen LogP contribution >= 0.6 is 0 Å². The van der Waals surface area contributed by atoms with Crippen LogP contribution in [-0.4, -0.2) is 12.5 Å². The monoisotopic (exact) mass is 282 g/mol. The van der Waals surface area contributed by atoms with Crippen molar-refractivity contribution in [2.75, 3.05) is 11.9 Å². The van der Waals surface area contributed by atoms with Crippen LogP contribution in [0.4, 0.5) is 5.69 Å². The van der Waals surface area contributed by atoms with Gasteiger partial charge in [0.05, 0.1) is 0 Å². The second kappa shape index (κ2) is 7.48. The summed E-state index contributed by atoms with van der Waals surface area (Å²) in [6.07, 6.45) is 1.08. The van der Waals surface area contributed by atoms with Crippen molar-refractivity contribution in [3.8, 4) is 0 Å². The van der Waals surface area contributed by atoms with Gasteiger partial charge in [0, 0.05) is 24.3 Å². The number of benzene rings is 2. The lowest BCUT2D eigenvalue weighted by Gasteiger charge is -2.09. The Morgan fingerprint density at radius 2 is 1.76 bits per heavy atom. The van der Waals surface area contributed by atoms with E-state index in [0.717, 1.165) is 24.2 Å². The highest BCUT2D eigenvalue weighted by molar-refractivity contribution is 5.94. The first-order valence-electron chi connectivity index (χ1n) is 7.37. The van der Waals surface area contributed by atoms with Crippen LogP contribution in [0.15, 0.2) is 48.5 Å². The van der Waals surface area contributed by atoms with E-state index in [0.29, 0.717) is 12.1 Å². The number of amides is 1. The molecule has 110 valence electrons. The molecule has 2 rings (SSSR count). The first-order chi connectivity index (χ1) is 10.2. The fraction of sp³-hybridized carbons (Fsp3) is 0.278. The van der Waals surface area contributed by atoms with Crippen LogP contribution in [0.3, 0.4) is 0 Å². The second-order valence-corrected chi connectivity index (χ2v) is 5.11. The average Bonchev–Trinajstić information content (AvgIpc) is 2.52. The molecule has 0 radical (unpaired) electrons. The molecule has 2 aromatic carbocycles. The van der Waals surface area contributed by atoms with Crippen molar-refractivity contribution in [3.05, 3.63) is 65.2 Å². The SMILES string of the molecule is CCCNc1ccc(C(=O)NCc2ccccc2C)cc1. The Morgan fingerprint density at radius 1 is 1.05 bits per heavy atom. The normalized spacial score (nSPS) is 10.2. The molecule has 0 heterocycles. The van der Waals surface area contributed by atoms with Gasteiger partial charge in [-0.15, -0.1) is 0 Å². The molecule has 0 aliphatic heterocycles. The molecule has 0 bridgehead atoms. The number of rotatable bonds is 6. The molecule has 3 heteroatoms. The fourth-order valence-electron chi connectivity index (χ4n) is 2.09. The van der Waals surface area contributed by atoms with E-state index in [2.05, 4.69) is 30.5 Å². The summed E-state index contributed by atoms with van der Waals surface area (Å²) < 4.78 is 0. The van der Waals surface area contributed by atoms with Gasteiger partial charge in [0.1, 0.15) is 0 Å². The number of carbonyl (C=O) groups is 1. The summed E-state index contributed by atoms with van der Waals surface area (Å²) in [6.45, 7) is 5.68. The molecule has 2 N–H and O–H groups in total. The molecule has 1 amide bonds. The molecule has 2 aromatic rings. The summed E-state index contributed by atoms with van der Waals surface area (Å²) in [5.74, 6) is -0.0414. The van der Waals surface area contributed by atoms with Crippen molar-refractivity contribution >= 4 is 11.6 Å². The van der Waals surface area contributed by atoms with Gasteiger partial charge in [-0.25, -0.2) is 0 Å². The molecule has 21 heavy (non-hydrogen) atoms. The van der Waals surface area contributed by atoms with E-state index in [1.807, 2.05) is 42.5 Å². The molecule has 0 saturated heterocycles. The maximum absolute atomic E-state index is 12.1. The molecule has 0 fully saturated rings. The topological polar surface area (TPSA) is 41.1 Å². The van der Waals surface area contributed by atoms with Gasteiger partial charge in [-0.1, -0.05) is 31.2 Å². The van der Waals surface area contributed by atoms with Crippen molar-refractivity contribution in [2.24, 2.45) is 0 Å². The number of nitrogens with one attached hydrogen (secondary N) is 2. The Kier molecular flexibility index (Phi) is 5.38. The standard InChI is InChI=1S/C18H22N2O/c1-3-12-19-17-10-8-15(9-11-17)18(21)20-13-16-7-5-4-6-14(16)2/h4-11,19H,3,12-13H2,1-2H3,(H,20,21). The van der Waals surface area contributed by atoms with E-state index in [9.17, 15) is 4.79 Å². The summed E-state index contributed by atoms with van der Waals surface area (Å²) in [5, 5.41) is 6.25. The molecule has 0 saturated carbocycles. The fourth-order valence-corrected chi connectivity index (χ4v) is 2.09. The highest BCUT2D eigenvalue weighted by Crippen LogP contribution is 2.10. The summed E-state index contributed by atoms with van der Waals surface area (Å²) >= 11 is 0. The molecule has 0 aliphatic rings. The van der Waals surface area contributed by atoms with Crippen LogP contribution in [0.1, 0.15) is 34.8 Å². The van der Waals surface area contributed by atoms with Crippen molar-refractivity contribution in [1.29, 1.82) is 0 Å². The molecule has 3 nitrogen and oxygen atoms in total. The Morgan fingerprint density at radius 3 is 2.43 bits per heavy atom. The van der Waals surface area contributed by atoms with E-state index in [-0.39, 0.29) is 5.91 Å². The lowest BCUT2D eigenvalue weighted by molar-refractivity contribution is 0.0951. The molecule has 0 aromatic heterocycles. The highest BCUT2D eigenvalue weighted by atomic mass is 16.1. The number of hydrogen-bond donors (Lipinski definition) is 2. The minimum atomic E-state index is -0.0414. The van der Waals surface area contributed by atoms with Crippen molar-refractivity contribution in [3.63, 3.8) is 0 Å². The van der Waals surface area contributed by atoms with Gasteiger partial charge in [0.25, 0.3) is 5.91 Å². The van der Waals surface area contributed by atoms with E-state index < -0.39 is 0 Å². The van der Waals surface area contributed by atoms with Crippen molar-refractivity contribution in [1.82, 2.24) is 5.32 Å². The molecule has 0 atom stereocenters. The summed E-state index contributed by atoms with van der Waals surface area (Å²) in [5.41, 5.74) is 4.07. The Hall–Kier alpha value is -2.29. The number of carbonyl (C=O) groups excluding carboxylic acids is 1. The van der Waals surface area contributed by atoms with Gasteiger partial charge in [0.2, 0.25) is 0 Å². The second-order valence-electron chi connectivity index (χ2n) is 5.11. The van der Waals surface area contributed by atoms with Crippen LogP contribution in [0.2, 0.25) is 0 Å². The van der Waals surface area contributed by atoms with Gasteiger partial charge in [0.15, 0.2) is 0 Å². The number of hydrogen-bond acceptors (Lipinski definition) is 2. The largest absolute Gasteiger partial charge is 0.385 e. The van der Waals surface area contributed by atoms with Gasteiger partial charge in [-0.3, -0.25) is 4.79 Å². The summed E-state index contributed by atoms with van der Waals surface area (Å²) in [4.78, 5) is 12.1. The molecular formula is C18H22N2O. The van der Waals surface area contributed by atoms with E-state index in [4.69, 9.17) is 0 Å². The predicted molar refractivity (Wildman–Crippen MR) is 87.6 cm³/mol. The Bertz CT molecular complexity index is 590. The quantitative estimate of drug-likeness (QED) is 0.847. The number of anilines is 1. The molecular weight excluding hydrogens is 260 g/mol. The highest BCUT2D eigenvalue weighted by Gasteiger charge is 2.05. The Labute approximate surface area is 126 Å². The third kappa shape index (κ3) is 4.35. The van der Waals surface area contributed by atoms with Gasteiger partial charge < -0.3 is 10.6 Å². The zero-order valence-corrected chi connectivity index (χ0v) is 12.6. The third-order valence-corrected chi connectivity index (χ3v) is 3.43. The zero-order valence-electron chi connectivity index (χ0n) is 12.6. The average molecular weight is 282 g/mol. The maximum atomic E-state index is 12.1. The van der Waals surface area contributed by atoms with Crippen LogP contribution in [0.5, 0.6) is 0 Å². The first kappa shape index (κ1) is 15.1. The van der Waals surface area contributed by atoms with Gasteiger partial charge >= 0.3 is 0 Å². The van der Waals surface area contributed by atoms with Crippen molar-refractivity contribution in [2.45, 2.75) is 26.8 Å². The molecule has 0 aliphatic carbocycles. The smallest absolute Gasteiger partial charge is 0.251 e. The maximum Gasteiger partial charge on any atom is 0.251 e. The third-order valence-electron chi connectivity index (χ3n) is 3.43. The lowest BCUT2D eigenvalue weighted by atomic mass is 10.1. The predicted octanol–water partition coefficient (Wildman–Crippen LogP) is 3.75. The van der Waals surface area contributed by atoms with E-state index >= 15 is 0 Å². The van der Waals surface area contributed by atoms with Crippen molar-refractivity contribution < 1.29 is 4.79 Å². The van der Waals surface area contributed by atoms with Crippen LogP contribution in [0, 0.1) is 6.92 Å². The summed E-state index contributed by atoms with van der Waals surface area (Å²) in [7, 11) is 0. The lowest BCUT2D eigenvalue weighted by Crippen LogP contribution is -2.23. The molecule has 0 spiro atoms. The summed E-state index contributed by atoms with van der Waals surface area (Å²) in [6, 6.07) is 15.7. The number of aryl methyl sites for hydroxylation is 1. The van der Waals surface area contributed by atoms with E-state index in [1.54, 1.807) is 0 Å². The Balaban J connectivity index is 1.93. The van der Waals surface area contributed by atoms with Crippen LogP contribution in [-0.2, 0) is 6.54 Å². The first-order valence-corrected chi connectivity index (χ1v) is 7.37.